The van der Waals surface area contributed by atoms with Crippen LogP contribution in [0.2, 0.25) is 0 Å². The third kappa shape index (κ3) is 3.75. The zero-order chi connectivity index (χ0) is 18.8. The summed E-state index contributed by atoms with van der Waals surface area (Å²) in [6.45, 7) is 4.59. The minimum Gasteiger partial charge on any atom is -0.375 e. The van der Waals surface area contributed by atoms with Crippen molar-refractivity contribution in [1.82, 2.24) is 14.8 Å². The lowest BCUT2D eigenvalue weighted by atomic mass is 10.1. The number of amides is 1. The summed E-state index contributed by atoms with van der Waals surface area (Å²) in [4.78, 5) is 32.6. The Morgan fingerprint density at radius 2 is 2.04 bits per heavy atom. The predicted octanol–water partition coefficient (Wildman–Crippen LogP) is 1.99. The first-order valence-corrected chi connectivity index (χ1v) is 9.56. The molecule has 0 radical (unpaired) electrons. The maximum atomic E-state index is 13.9. The Morgan fingerprint density at radius 3 is 2.85 bits per heavy atom. The lowest BCUT2D eigenvalue weighted by Gasteiger charge is -2.27. The standard InChI is InChI=1S/C20H24FN3O3/c21-17-6-3-5-15-18(17)22-11-16(19(15)25)20(26)24-9-4-10-27-14(13-24)12-23-7-1-2-8-23/h3,5-6,11,14H,1-2,4,7-10,12-13H2,(H,22,25)/t14-/m0/s1. The first-order chi connectivity index (χ1) is 13.1. The van der Waals surface area contributed by atoms with Crippen molar-refractivity contribution in [2.24, 2.45) is 0 Å². The summed E-state index contributed by atoms with van der Waals surface area (Å²) in [5.74, 6) is -0.822. The van der Waals surface area contributed by atoms with Crippen molar-refractivity contribution >= 4 is 16.8 Å². The van der Waals surface area contributed by atoms with Gasteiger partial charge in [-0.1, -0.05) is 6.07 Å². The van der Waals surface area contributed by atoms with Crippen LogP contribution in [0.5, 0.6) is 0 Å². The van der Waals surface area contributed by atoms with E-state index >= 15 is 0 Å². The van der Waals surface area contributed by atoms with Gasteiger partial charge in [-0.05, 0) is 44.5 Å². The summed E-state index contributed by atoms with van der Waals surface area (Å²) >= 11 is 0. The lowest BCUT2D eigenvalue weighted by molar-refractivity contribution is 0.0297. The minimum absolute atomic E-state index is 0.0495. The van der Waals surface area contributed by atoms with E-state index in [4.69, 9.17) is 4.74 Å². The number of hydrogen-bond acceptors (Lipinski definition) is 4. The summed E-state index contributed by atoms with van der Waals surface area (Å²) in [5, 5.41) is 0.195. The molecule has 6 nitrogen and oxygen atoms in total. The van der Waals surface area contributed by atoms with Crippen molar-refractivity contribution in [3.8, 4) is 0 Å². The van der Waals surface area contributed by atoms with Gasteiger partial charge < -0.3 is 19.5 Å². The lowest BCUT2D eigenvalue weighted by Crippen LogP contribution is -2.43. The van der Waals surface area contributed by atoms with E-state index in [1.165, 1.54) is 37.2 Å². The van der Waals surface area contributed by atoms with Crippen LogP contribution in [-0.4, -0.2) is 66.1 Å². The van der Waals surface area contributed by atoms with E-state index in [1.807, 2.05) is 0 Å². The molecule has 1 amide bonds. The molecular formula is C20H24FN3O3. The van der Waals surface area contributed by atoms with Crippen LogP contribution in [0.3, 0.4) is 0 Å². The van der Waals surface area contributed by atoms with Crippen LogP contribution in [0, 0.1) is 5.82 Å². The number of para-hydroxylation sites is 1. The van der Waals surface area contributed by atoms with Gasteiger partial charge in [-0.3, -0.25) is 9.59 Å². The number of aromatic nitrogens is 1. The molecule has 1 aromatic carbocycles. The van der Waals surface area contributed by atoms with Gasteiger partial charge in [-0.2, -0.15) is 0 Å². The molecule has 2 aliphatic rings. The number of pyridine rings is 1. The van der Waals surface area contributed by atoms with Gasteiger partial charge in [0.05, 0.1) is 11.6 Å². The van der Waals surface area contributed by atoms with E-state index < -0.39 is 11.2 Å². The van der Waals surface area contributed by atoms with E-state index in [1.54, 1.807) is 4.90 Å². The number of hydrogen-bond donors (Lipinski definition) is 1. The van der Waals surface area contributed by atoms with Crippen LogP contribution in [0.1, 0.15) is 29.6 Å². The van der Waals surface area contributed by atoms with Crippen LogP contribution in [0.15, 0.2) is 29.2 Å². The molecule has 1 N–H and O–H groups in total. The molecule has 0 bridgehead atoms. The molecule has 4 rings (SSSR count). The van der Waals surface area contributed by atoms with Crippen LogP contribution >= 0.6 is 0 Å². The highest BCUT2D eigenvalue weighted by Gasteiger charge is 2.27. The minimum atomic E-state index is -0.502. The van der Waals surface area contributed by atoms with Crippen molar-refractivity contribution in [2.75, 3.05) is 39.3 Å². The molecule has 0 saturated carbocycles. The van der Waals surface area contributed by atoms with Gasteiger partial charge in [0, 0.05) is 37.8 Å². The number of carbonyl (C=O) groups excluding carboxylic acids is 1. The third-order valence-corrected chi connectivity index (χ3v) is 5.39. The number of H-pyrrole nitrogens is 1. The van der Waals surface area contributed by atoms with Crippen molar-refractivity contribution in [1.29, 1.82) is 0 Å². The summed E-state index contributed by atoms with van der Waals surface area (Å²) in [6.07, 6.45) is 4.43. The van der Waals surface area contributed by atoms with Gasteiger partial charge >= 0.3 is 0 Å². The van der Waals surface area contributed by atoms with Crippen LogP contribution in [0.4, 0.5) is 4.39 Å². The second kappa shape index (κ2) is 7.78. The van der Waals surface area contributed by atoms with Crippen LogP contribution in [-0.2, 0) is 4.74 Å². The monoisotopic (exact) mass is 373 g/mol. The first-order valence-electron chi connectivity index (χ1n) is 9.56. The molecule has 144 valence electrons. The molecular weight excluding hydrogens is 349 g/mol. The molecule has 27 heavy (non-hydrogen) atoms. The third-order valence-electron chi connectivity index (χ3n) is 5.39. The van der Waals surface area contributed by atoms with Crippen molar-refractivity contribution in [3.05, 3.63) is 46.0 Å². The predicted molar refractivity (Wildman–Crippen MR) is 100 cm³/mol. The van der Waals surface area contributed by atoms with Gasteiger partial charge in [0.2, 0.25) is 5.43 Å². The number of nitrogens with zero attached hydrogens (tertiary/aromatic N) is 2. The number of benzene rings is 1. The number of halogens is 1. The highest BCUT2D eigenvalue weighted by atomic mass is 19.1. The van der Waals surface area contributed by atoms with Crippen molar-refractivity contribution < 1.29 is 13.9 Å². The van der Waals surface area contributed by atoms with Crippen LogP contribution in [0.25, 0.3) is 10.9 Å². The fourth-order valence-corrected chi connectivity index (χ4v) is 3.99. The second-order valence-electron chi connectivity index (χ2n) is 7.30. The Kier molecular flexibility index (Phi) is 5.22. The van der Waals surface area contributed by atoms with E-state index in [0.29, 0.717) is 19.7 Å². The average Bonchev–Trinajstić information content (AvgIpc) is 3.06. The fraction of sp³-hybridized carbons (Fsp3) is 0.500. The molecule has 2 aromatic rings. The number of rotatable bonds is 3. The number of likely N-dealkylation sites (tertiary alicyclic amines) is 1. The zero-order valence-corrected chi connectivity index (χ0v) is 15.2. The molecule has 2 saturated heterocycles. The highest BCUT2D eigenvalue weighted by Crippen LogP contribution is 2.16. The zero-order valence-electron chi connectivity index (χ0n) is 15.2. The largest absolute Gasteiger partial charge is 0.375 e. The smallest absolute Gasteiger partial charge is 0.259 e. The molecule has 3 heterocycles. The number of carbonyl (C=O) groups is 1. The molecule has 1 atom stereocenters. The molecule has 2 fully saturated rings. The van der Waals surface area contributed by atoms with Gasteiger partial charge in [0.25, 0.3) is 5.91 Å². The SMILES string of the molecule is O=C(c1c[nH]c2c(F)cccc2c1=O)N1CCCO[C@@H](CN2CCCC2)C1. The Bertz CT molecular complexity index is 892. The Balaban J connectivity index is 1.56. The Hall–Kier alpha value is -2.25. The van der Waals surface area contributed by atoms with E-state index in [9.17, 15) is 14.0 Å². The molecule has 0 spiro atoms. The molecule has 0 aliphatic carbocycles. The normalized spacial score (nSPS) is 21.5. The average molecular weight is 373 g/mol. The van der Waals surface area contributed by atoms with Crippen molar-refractivity contribution in [2.45, 2.75) is 25.4 Å². The van der Waals surface area contributed by atoms with Gasteiger partial charge in [-0.25, -0.2) is 4.39 Å². The summed E-state index contributed by atoms with van der Waals surface area (Å²) in [7, 11) is 0. The number of aromatic amines is 1. The molecule has 1 aromatic heterocycles. The van der Waals surface area contributed by atoms with Crippen LogP contribution < -0.4 is 5.43 Å². The molecule has 0 unspecified atom stereocenters. The Morgan fingerprint density at radius 1 is 1.22 bits per heavy atom. The molecule has 2 aliphatic heterocycles. The maximum absolute atomic E-state index is 13.9. The quantitative estimate of drug-likeness (QED) is 0.894. The highest BCUT2D eigenvalue weighted by molar-refractivity contribution is 5.97. The first kappa shape index (κ1) is 18.1. The second-order valence-corrected chi connectivity index (χ2v) is 7.30. The van der Waals surface area contributed by atoms with E-state index in [0.717, 1.165) is 26.1 Å². The van der Waals surface area contributed by atoms with Crippen molar-refractivity contribution in [3.63, 3.8) is 0 Å². The van der Waals surface area contributed by atoms with E-state index in [-0.39, 0.29) is 28.5 Å². The number of ether oxygens (including phenoxy) is 1. The topological polar surface area (TPSA) is 65.6 Å². The van der Waals surface area contributed by atoms with E-state index in [2.05, 4.69) is 9.88 Å². The summed E-state index contributed by atoms with van der Waals surface area (Å²) in [6, 6.07) is 4.30. The number of fused-ring (bicyclic) bond motifs is 1. The van der Waals surface area contributed by atoms with Gasteiger partial charge in [-0.15, -0.1) is 0 Å². The maximum Gasteiger partial charge on any atom is 0.259 e. The van der Waals surface area contributed by atoms with Gasteiger partial charge in [0.1, 0.15) is 11.4 Å². The Labute approximate surface area is 156 Å². The number of nitrogens with one attached hydrogen (secondary N) is 1. The fourth-order valence-electron chi connectivity index (χ4n) is 3.99. The van der Waals surface area contributed by atoms with Gasteiger partial charge in [0.15, 0.2) is 0 Å². The summed E-state index contributed by atoms with van der Waals surface area (Å²) < 4.78 is 19.8. The molecule has 7 heteroatoms. The summed E-state index contributed by atoms with van der Waals surface area (Å²) in [5.41, 5.74) is -0.255.